The molecule has 0 spiro atoms. The van der Waals surface area contributed by atoms with Crippen LogP contribution in [-0.2, 0) is 0 Å². The highest BCUT2D eigenvalue weighted by Gasteiger charge is 2.15. The van der Waals surface area contributed by atoms with E-state index in [2.05, 4.69) is 29.6 Å². The summed E-state index contributed by atoms with van der Waals surface area (Å²) in [5.74, 6) is 0. The molecule has 0 fully saturated rings. The molecular formula is C10H7ClIS+. The monoisotopic (exact) mass is 321 g/mol. The highest BCUT2D eigenvalue weighted by Crippen LogP contribution is 2.04. The predicted octanol–water partition coefficient (Wildman–Crippen LogP) is 0.530. The third-order valence-electron chi connectivity index (χ3n) is 1.49. The summed E-state index contributed by atoms with van der Waals surface area (Å²) in [7, 11) is 0. The lowest BCUT2D eigenvalue weighted by Crippen LogP contribution is -3.61. The Balaban J connectivity index is 2.15. The van der Waals surface area contributed by atoms with Crippen molar-refractivity contribution in [2.45, 2.75) is 0 Å². The summed E-state index contributed by atoms with van der Waals surface area (Å²) in [6.45, 7) is 0. The van der Waals surface area contributed by atoms with Gasteiger partial charge in [-0.15, -0.1) is 0 Å². The van der Waals surface area contributed by atoms with Crippen molar-refractivity contribution in [1.82, 2.24) is 0 Å². The summed E-state index contributed by atoms with van der Waals surface area (Å²) < 4.78 is 2.92. The summed E-state index contributed by atoms with van der Waals surface area (Å²) in [5.41, 5.74) is 0. The molecule has 0 aliphatic rings. The van der Waals surface area contributed by atoms with E-state index in [0.717, 1.165) is 5.02 Å². The van der Waals surface area contributed by atoms with Crippen LogP contribution in [0.15, 0.2) is 41.8 Å². The van der Waals surface area contributed by atoms with Crippen molar-refractivity contribution in [3.05, 3.63) is 53.3 Å². The Morgan fingerprint density at radius 1 is 1.08 bits per heavy atom. The Hall–Kier alpha value is -0.0600. The molecule has 66 valence electrons. The highest BCUT2D eigenvalue weighted by atomic mass is 127. The van der Waals surface area contributed by atoms with Crippen molar-refractivity contribution in [2.75, 3.05) is 0 Å². The maximum Gasteiger partial charge on any atom is 0.369 e. The van der Waals surface area contributed by atoms with Crippen LogP contribution in [0.1, 0.15) is 0 Å². The van der Waals surface area contributed by atoms with Crippen LogP contribution in [0.4, 0.5) is 0 Å². The SMILES string of the molecule is Clc1ccc([I+]c2cccs2)cc1. The molecule has 1 heterocycles. The number of halogens is 2. The van der Waals surface area contributed by atoms with Crippen LogP contribution in [-0.4, -0.2) is 0 Å². The van der Waals surface area contributed by atoms with E-state index < -0.39 is 0 Å². The molecule has 0 bridgehead atoms. The van der Waals surface area contributed by atoms with Crippen LogP contribution in [0.2, 0.25) is 5.02 Å². The average Bonchev–Trinajstić information content (AvgIpc) is 2.62. The molecule has 1 aromatic heterocycles. The van der Waals surface area contributed by atoms with E-state index in [9.17, 15) is 0 Å². The number of rotatable bonds is 2. The molecule has 3 heteroatoms. The zero-order chi connectivity index (χ0) is 9.10. The van der Waals surface area contributed by atoms with Crippen LogP contribution in [0.5, 0.6) is 0 Å². The lowest BCUT2D eigenvalue weighted by Gasteiger charge is -1.85. The first-order valence-electron chi connectivity index (χ1n) is 3.78. The fourth-order valence-corrected chi connectivity index (χ4v) is 4.67. The average molecular weight is 322 g/mol. The summed E-state index contributed by atoms with van der Waals surface area (Å²) >= 11 is 7.66. The lowest BCUT2D eigenvalue weighted by molar-refractivity contribution is -0.591. The summed E-state index contributed by atoms with van der Waals surface area (Å²) in [6, 6.07) is 12.5. The van der Waals surface area contributed by atoms with Gasteiger partial charge in [0.2, 0.25) is 2.88 Å². The van der Waals surface area contributed by atoms with Crippen LogP contribution in [0.3, 0.4) is 0 Å². The Kier molecular flexibility index (Phi) is 3.24. The van der Waals surface area contributed by atoms with Crippen molar-refractivity contribution >= 4 is 22.9 Å². The van der Waals surface area contributed by atoms with Gasteiger partial charge in [-0.3, -0.25) is 0 Å². The maximum atomic E-state index is 5.81. The summed E-state index contributed by atoms with van der Waals surface area (Å²) in [5, 5.41) is 2.95. The summed E-state index contributed by atoms with van der Waals surface area (Å²) in [6.07, 6.45) is 0. The molecule has 1 aromatic carbocycles. The molecule has 2 aromatic rings. The zero-order valence-corrected chi connectivity index (χ0v) is 10.4. The van der Waals surface area contributed by atoms with Crippen molar-refractivity contribution in [1.29, 1.82) is 0 Å². The van der Waals surface area contributed by atoms with Crippen molar-refractivity contribution in [2.24, 2.45) is 0 Å². The minimum atomic E-state index is 0.0134. The van der Waals surface area contributed by atoms with E-state index in [-0.39, 0.29) is 21.2 Å². The van der Waals surface area contributed by atoms with Crippen molar-refractivity contribution in [3.63, 3.8) is 0 Å². The minimum Gasteiger partial charge on any atom is -0.0963 e. The Labute approximate surface area is 96.8 Å². The van der Waals surface area contributed by atoms with Gasteiger partial charge in [-0.1, -0.05) is 22.9 Å². The van der Waals surface area contributed by atoms with Crippen molar-refractivity contribution in [3.8, 4) is 0 Å². The van der Waals surface area contributed by atoms with Gasteiger partial charge in [0.15, 0.2) is 3.57 Å². The van der Waals surface area contributed by atoms with E-state index in [1.54, 1.807) is 0 Å². The first kappa shape index (κ1) is 9.49. The minimum absolute atomic E-state index is 0.0134. The molecule has 0 N–H and O–H groups in total. The molecule has 0 aliphatic carbocycles. The summed E-state index contributed by atoms with van der Waals surface area (Å²) in [4.78, 5) is 0. The van der Waals surface area contributed by atoms with Gasteiger partial charge in [0.25, 0.3) is 0 Å². The zero-order valence-electron chi connectivity index (χ0n) is 6.71. The Morgan fingerprint density at radius 2 is 1.85 bits per heavy atom. The van der Waals surface area contributed by atoms with Gasteiger partial charge in [0.1, 0.15) is 0 Å². The second-order valence-electron chi connectivity index (χ2n) is 2.45. The highest BCUT2D eigenvalue weighted by molar-refractivity contribution is 7.07. The molecule has 0 aliphatic heterocycles. The molecule has 0 atom stereocenters. The normalized spacial score (nSPS) is 10.2. The quantitative estimate of drug-likeness (QED) is 0.708. The van der Waals surface area contributed by atoms with Gasteiger partial charge in [-0.2, -0.15) is 0 Å². The third kappa shape index (κ3) is 2.69. The van der Waals surface area contributed by atoms with Crippen LogP contribution in [0.25, 0.3) is 0 Å². The smallest absolute Gasteiger partial charge is 0.0963 e. The van der Waals surface area contributed by atoms with Gasteiger partial charge < -0.3 is 0 Å². The molecule has 0 saturated carbocycles. The van der Waals surface area contributed by atoms with Crippen LogP contribution in [0, 0.1) is 6.45 Å². The maximum absolute atomic E-state index is 5.81. The Bertz CT molecular complexity index is 366. The predicted molar refractivity (Wildman–Crippen MR) is 53.2 cm³/mol. The van der Waals surface area contributed by atoms with E-state index in [0.29, 0.717) is 0 Å². The number of thiophene rings is 1. The molecule has 2 rings (SSSR count). The first-order chi connectivity index (χ1) is 6.34. The fraction of sp³-hybridized carbons (Fsp3) is 0. The van der Waals surface area contributed by atoms with Gasteiger partial charge >= 0.3 is 21.2 Å². The van der Waals surface area contributed by atoms with Gasteiger partial charge in [-0.25, -0.2) is 0 Å². The van der Waals surface area contributed by atoms with Crippen molar-refractivity contribution < 1.29 is 21.2 Å². The largest absolute Gasteiger partial charge is 0.369 e. The van der Waals surface area contributed by atoms with Gasteiger partial charge in [0, 0.05) is 11.1 Å². The number of benzene rings is 1. The second kappa shape index (κ2) is 4.44. The van der Waals surface area contributed by atoms with Crippen LogP contribution >= 0.6 is 22.9 Å². The van der Waals surface area contributed by atoms with E-state index >= 15 is 0 Å². The standard InChI is InChI=1S/C10H7ClIS/c11-8-3-5-9(6-4-8)12-10-2-1-7-13-10/h1-7H/q+1. The van der Waals surface area contributed by atoms with E-state index in [4.69, 9.17) is 11.6 Å². The molecule has 0 unspecified atom stereocenters. The third-order valence-corrected chi connectivity index (χ3v) is 5.91. The molecular weight excluding hydrogens is 315 g/mol. The topological polar surface area (TPSA) is 0 Å². The molecule has 0 nitrogen and oxygen atoms in total. The van der Waals surface area contributed by atoms with E-state index in [1.807, 2.05) is 23.5 Å². The Morgan fingerprint density at radius 3 is 2.46 bits per heavy atom. The lowest BCUT2D eigenvalue weighted by atomic mass is 10.4. The van der Waals surface area contributed by atoms with Crippen LogP contribution < -0.4 is 21.2 Å². The van der Waals surface area contributed by atoms with Gasteiger partial charge in [-0.05, 0) is 35.7 Å². The molecule has 0 radical (unpaired) electrons. The number of hydrogen-bond donors (Lipinski definition) is 0. The molecule has 0 amide bonds. The first-order valence-corrected chi connectivity index (χ1v) is 7.20. The molecule has 13 heavy (non-hydrogen) atoms. The molecule has 0 saturated heterocycles. The van der Waals surface area contributed by atoms with Gasteiger partial charge in [0.05, 0.1) is 0 Å². The second-order valence-corrected chi connectivity index (χ2v) is 7.51. The van der Waals surface area contributed by atoms with E-state index in [1.165, 1.54) is 6.45 Å². The fourth-order valence-electron chi connectivity index (χ4n) is 0.912. The number of hydrogen-bond acceptors (Lipinski definition) is 1.